The molecular formula is C13H14BrN3. The zero-order valence-corrected chi connectivity index (χ0v) is 11.2. The van der Waals surface area contributed by atoms with Crippen LogP contribution in [0.5, 0.6) is 0 Å². The molecule has 2 heterocycles. The lowest BCUT2D eigenvalue weighted by Gasteiger charge is -2.14. The van der Waals surface area contributed by atoms with E-state index in [1.807, 2.05) is 31.5 Å². The summed E-state index contributed by atoms with van der Waals surface area (Å²) in [4.78, 5) is 8.21. The molecular weight excluding hydrogens is 278 g/mol. The number of halogens is 1. The van der Waals surface area contributed by atoms with E-state index in [0.29, 0.717) is 0 Å². The van der Waals surface area contributed by atoms with Crippen LogP contribution in [0.1, 0.15) is 22.7 Å². The largest absolute Gasteiger partial charge is 0.324 e. The van der Waals surface area contributed by atoms with E-state index in [0.717, 1.165) is 27.6 Å². The number of aryl methyl sites for hydroxylation is 1. The van der Waals surface area contributed by atoms with Crippen molar-refractivity contribution in [3.05, 3.63) is 58.1 Å². The van der Waals surface area contributed by atoms with Gasteiger partial charge in [-0.3, -0.25) is 9.97 Å². The van der Waals surface area contributed by atoms with Crippen molar-refractivity contribution in [1.82, 2.24) is 9.97 Å². The monoisotopic (exact) mass is 291 g/mol. The normalized spacial score (nSPS) is 12.4. The SMILES string of the molecule is Cc1cnccc1C(N)Cc1cncc(Br)c1. The van der Waals surface area contributed by atoms with Gasteiger partial charge in [0, 0.05) is 35.3 Å². The molecule has 0 fully saturated rings. The van der Waals surface area contributed by atoms with E-state index in [2.05, 4.69) is 25.9 Å². The zero-order chi connectivity index (χ0) is 12.3. The maximum absolute atomic E-state index is 6.21. The standard InChI is InChI=1S/C13H14BrN3/c1-9-6-16-3-2-12(9)13(15)5-10-4-11(14)8-17-7-10/h2-4,6-8,13H,5,15H2,1H3. The van der Waals surface area contributed by atoms with Crippen LogP contribution in [0, 0.1) is 6.92 Å². The quantitative estimate of drug-likeness (QED) is 0.946. The summed E-state index contributed by atoms with van der Waals surface area (Å²) in [6.07, 6.45) is 8.01. The molecule has 0 saturated heterocycles. The Morgan fingerprint density at radius 1 is 1.29 bits per heavy atom. The number of hydrogen-bond acceptors (Lipinski definition) is 3. The van der Waals surface area contributed by atoms with Gasteiger partial charge in [-0.2, -0.15) is 0 Å². The fourth-order valence-electron chi connectivity index (χ4n) is 1.83. The molecule has 0 aliphatic carbocycles. The van der Waals surface area contributed by atoms with Crippen LogP contribution in [0.2, 0.25) is 0 Å². The highest BCUT2D eigenvalue weighted by molar-refractivity contribution is 9.10. The van der Waals surface area contributed by atoms with E-state index in [9.17, 15) is 0 Å². The number of nitrogens with two attached hydrogens (primary N) is 1. The van der Waals surface area contributed by atoms with Crippen molar-refractivity contribution in [2.75, 3.05) is 0 Å². The summed E-state index contributed by atoms with van der Waals surface area (Å²) in [5.41, 5.74) is 9.60. The third kappa shape index (κ3) is 3.11. The minimum Gasteiger partial charge on any atom is -0.324 e. The molecule has 3 nitrogen and oxygen atoms in total. The van der Waals surface area contributed by atoms with Crippen molar-refractivity contribution < 1.29 is 0 Å². The predicted octanol–water partition coefficient (Wildman–Crippen LogP) is 2.79. The van der Waals surface area contributed by atoms with Crippen molar-refractivity contribution in [3.8, 4) is 0 Å². The molecule has 0 radical (unpaired) electrons. The summed E-state index contributed by atoms with van der Waals surface area (Å²) < 4.78 is 0.980. The van der Waals surface area contributed by atoms with Crippen LogP contribution >= 0.6 is 15.9 Å². The van der Waals surface area contributed by atoms with Gasteiger partial charge >= 0.3 is 0 Å². The summed E-state index contributed by atoms with van der Waals surface area (Å²) in [6, 6.07) is 4.00. The van der Waals surface area contributed by atoms with Crippen LogP contribution in [0.3, 0.4) is 0 Å². The Hall–Kier alpha value is -1.26. The maximum Gasteiger partial charge on any atom is 0.0410 e. The second kappa shape index (κ2) is 5.38. The molecule has 1 unspecified atom stereocenters. The van der Waals surface area contributed by atoms with Gasteiger partial charge in [0.05, 0.1) is 0 Å². The van der Waals surface area contributed by atoms with Gasteiger partial charge in [-0.15, -0.1) is 0 Å². The van der Waals surface area contributed by atoms with Crippen LogP contribution < -0.4 is 5.73 Å². The Bertz CT molecular complexity index is 514. The first-order valence-electron chi connectivity index (χ1n) is 5.42. The van der Waals surface area contributed by atoms with Gasteiger partial charge in [0.15, 0.2) is 0 Å². The molecule has 0 aliphatic heterocycles. The second-order valence-electron chi connectivity index (χ2n) is 4.05. The molecule has 2 rings (SSSR count). The molecule has 2 aromatic rings. The summed E-state index contributed by atoms with van der Waals surface area (Å²) in [6.45, 7) is 2.03. The summed E-state index contributed by atoms with van der Waals surface area (Å²) in [5.74, 6) is 0. The first-order valence-corrected chi connectivity index (χ1v) is 6.21. The molecule has 0 aliphatic rings. The first kappa shape index (κ1) is 12.2. The van der Waals surface area contributed by atoms with E-state index in [1.165, 1.54) is 0 Å². The molecule has 2 aromatic heterocycles. The van der Waals surface area contributed by atoms with Gasteiger partial charge in [-0.25, -0.2) is 0 Å². The lowest BCUT2D eigenvalue weighted by atomic mass is 9.98. The summed E-state index contributed by atoms with van der Waals surface area (Å²) in [7, 11) is 0. The van der Waals surface area contributed by atoms with E-state index in [4.69, 9.17) is 5.73 Å². The average Bonchev–Trinajstić information content (AvgIpc) is 2.29. The number of hydrogen-bond donors (Lipinski definition) is 1. The third-order valence-electron chi connectivity index (χ3n) is 2.68. The zero-order valence-electron chi connectivity index (χ0n) is 9.60. The van der Waals surface area contributed by atoms with Crippen LogP contribution in [-0.4, -0.2) is 9.97 Å². The van der Waals surface area contributed by atoms with Gasteiger partial charge < -0.3 is 5.73 Å². The smallest absolute Gasteiger partial charge is 0.0410 e. The Balaban J connectivity index is 2.17. The highest BCUT2D eigenvalue weighted by Crippen LogP contribution is 2.19. The van der Waals surface area contributed by atoms with Crippen LogP contribution in [-0.2, 0) is 6.42 Å². The fourth-order valence-corrected chi connectivity index (χ4v) is 2.24. The molecule has 4 heteroatoms. The molecule has 17 heavy (non-hydrogen) atoms. The Morgan fingerprint density at radius 2 is 2.12 bits per heavy atom. The van der Waals surface area contributed by atoms with E-state index in [1.54, 1.807) is 12.4 Å². The highest BCUT2D eigenvalue weighted by Gasteiger charge is 2.09. The number of rotatable bonds is 3. The number of nitrogens with zero attached hydrogens (tertiary/aromatic N) is 2. The van der Waals surface area contributed by atoms with Crippen LogP contribution in [0.4, 0.5) is 0 Å². The van der Waals surface area contributed by atoms with Crippen molar-refractivity contribution in [2.45, 2.75) is 19.4 Å². The third-order valence-corrected chi connectivity index (χ3v) is 3.11. The minimum absolute atomic E-state index is 0.0194. The maximum atomic E-state index is 6.21. The first-order chi connectivity index (χ1) is 8.16. The lowest BCUT2D eigenvalue weighted by Crippen LogP contribution is -2.14. The number of aromatic nitrogens is 2. The van der Waals surface area contributed by atoms with Gasteiger partial charge in [-0.05, 0) is 58.1 Å². The molecule has 0 bridgehead atoms. The van der Waals surface area contributed by atoms with Gasteiger partial charge in [0.25, 0.3) is 0 Å². The Morgan fingerprint density at radius 3 is 2.82 bits per heavy atom. The topological polar surface area (TPSA) is 51.8 Å². The van der Waals surface area contributed by atoms with Crippen LogP contribution in [0.15, 0.2) is 41.4 Å². The number of pyridine rings is 2. The summed E-state index contributed by atoms with van der Waals surface area (Å²) >= 11 is 3.41. The fraction of sp³-hybridized carbons (Fsp3) is 0.231. The minimum atomic E-state index is -0.0194. The van der Waals surface area contributed by atoms with Gasteiger partial charge in [0.2, 0.25) is 0 Å². The van der Waals surface area contributed by atoms with Gasteiger partial charge in [0.1, 0.15) is 0 Å². The van der Waals surface area contributed by atoms with Crippen LogP contribution in [0.25, 0.3) is 0 Å². The molecule has 1 atom stereocenters. The lowest BCUT2D eigenvalue weighted by molar-refractivity contribution is 0.712. The van der Waals surface area contributed by atoms with Crippen molar-refractivity contribution in [3.63, 3.8) is 0 Å². The van der Waals surface area contributed by atoms with E-state index >= 15 is 0 Å². The summed E-state index contributed by atoms with van der Waals surface area (Å²) in [5, 5.41) is 0. The van der Waals surface area contributed by atoms with Gasteiger partial charge in [-0.1, -0.05) is 0 Å². The Kier molecular flexibility index (Phi) is 3.86. The van der Waals surface area contributed by atoms with Crippen molar-refractivity contribution in [1.29, 1.82) is 0 Å². The van der Waals surface area contributed by atoms with Crippen molar-refractivity contribution >= 4 is 15.9 Å². The molecule has 0 amide bonds. The molecule has 0 spiro atoms. The van der Waals surface area contributed by atoms with E-state index < -0.39 is 0 Å². The average molecular weight is 292 g/mol. The van der Waals surface area contributed by atoms with E-state index in [-0.39, 0.29) is 6.04 Å². The Labute approximate surface area is 109 Å². The highest BCUT2D eigenvalue weighted by atomic mass is 79.9. The molecule has 0 saturated carbocycles. The second-order valence-corrected chi connectivity index (χ2v) is 4.97. The predicted molar refractivity (Wildman–Crippen MR) is 71.5 cm³/mol. The molecule has 2 N–H and O–H groups in total. The molecule has 88 valence electrons. The van der Waals surface area contributed by atoms with Crippen molar-refractivity contribution in [2.24, 2.45) is 5.73 Å². The molecule has 0 aromatic carbocycles.